The minimum Gasteiger partial charge on any atom is -0.352 e. The Labute approximate surface area is 145 Å². The van der Waals surface area contributed by atoms with Crippen molar-refractivity contribution in [3.63, 3.8) is 0 Å². The van der Waals surface area contributed by atoms with Gasteiger partial charge in [0.1, 0.15) is 11.6 Å². The van der Waals surface area contributed by atoms with E-state index in [2.05, 4.69) is 10.3 Å². The highest BCUT2D eigenvalue weighted by Gasteiger charge is 2.13. The second-order valence-electron chi connectivity index (χ2n) is 5.54. The van der Waals surface area contributed by atoms with Crippen molar-refractivity contribution >= 4 is 17.5 Å². The van der Waals surface area contributed by atoms with Crippen LogP contribution in [-0.4, -0.2) is 10.9 Å². The third-order valence-electron chi connectivity index (χ3n) is 3.96. The number of aromatic amines is 1. The first-order valence-electron chi connectivity index (χ1n) is 7.56. The molecule has 1 aromatic carbocycles. The standard InChI is InChI=1S/C18H18ClN3O2/c1-11-14(12(2)22-18(24)15(11)9-20)7-8-17(23)21-10-13-5-3-4-6-16(13)19/h3-6H,7-8,10H2,1-2H3,(H,21,23)(H,22,24). The molecule has 1 heterocycles. The summed E-state index contributed by atoms with van der Waals surface area (Å²) < 4.78 is 0. The number of aromatic nitrogens is 1. The molecule has 0 atom stereocenters. The van der Waals surface area contributed by atoms with Gasteiger partial charge in [0.15, 0.2) is 0 Å². The molecule has 2 N–H and O–H groups in total. The zero-order valence-electron chi connectivity index (χ0n) is 13.6. The van der Waals surface area contributed by atoms with Crippen molar-refractivity contribution in [2.75, 3.05) is 0 Å². The molecule has 1 amide bonds. The van der Waals surface area contributed by atoms with E-state index in [1.807, 2.05) is 24.3 Å². The molecule has 124 valence electrons. The Morgan fingerprint density at radius 1 is 1.33 bits per heavy atom. The molecule has 0 saturated heterocycles. The predicted molar refractivity (Wildman–Crippen MR) is 92.9 cm³/mol. The molecule has 6 heteroatoms. The van der Waals surface area contributed by atoms with Crippen LogP contribution in [0.5, 0.6) is 0 Å². The first-order valence-corrected chi connectivity index (χ1v) is 7.94. The summed E-state index contributed by atoms with van der Waals surface area (Å²) in [4.78, 5) is 26.4. The summed E-state index contributed by atoms with van der Waals surface area (Å²) in [7, 11) is 0. The van der Waals surface area contributed by atoms with Crippen LogP contribution < -0.4 is 10.9 Å². The second kappa shape index (κ2) is 7.80. The number of hydrogen-bond acceptors (Lipinski definition) is 3. The van der Waals surface area contributed by atoms with Gasteiger partial charge in [0, 0.05) is 23.7 Å². The SMILES string of the molecule is Cc1[nH]c(=O)c(C#N)c(C)c1CCC(=O)NCc1ccccc1Cl. The number of hydrogen-bond donors (Lipinski definition) is 2. The van der Waals surface area contributed by atoms with Crippen LogP contribution in [0.1, 0.15) is 34.4 Å². The number of nitriles is 1. The van der Waals surface area contributed by atoms with E-state index in [4.69, 9.17) is 16.9 Å². The van der Waals surface area contributed by atoms with Gasteiger partial charge in [-0.2, -0.15) is 5.26 Å². The molecule has 0 fully saturated rings. The molecule has 2 rings (SSSR count). The summed E-state index contributed by atoms with van der Waals surface area (Å²) >= 11 is 6.05. The Bertz CT molecular complexity index is 866. The van der Waals surface area contributed by atoms with E-state index in [0.717, 1.165) is 11.1 Å². The van der Waals surface area contributed by atoms with E-state index in [9.17, 15) is 9.59 Å². The minimum absolute atomic E-state index is 0.104. The highest BCUT2D eigenvalue weighted by molar-refractivity contribution is 6.31. The highest BCUT2D eigenvalue weighted by Crippen LogP contribution is 2.16. The fourth-order valence-corrected chi connectivity index (χ4v) is 2.79. The van der Waals surface area contributed by atoms with Gasteiger partial charge in [0.2, 0.25) is 5.91 Å². The molecule has 0 aliphatic heterocycles. The summed E-state index contributed by atoms with van der Waals surface area (Å²) in [5.74, 6) is -0.113. The van der Waals surface area contributed by atoms with Crippen LogP contribution in [0.2, 0.25) is 5.02 Å². The van der Waals surface area contributed by atoms with Crippen LogP contribution in [0, 0.1) is 25.2 Å². The van der Waals surface area contributed by atoms with Gasteiger partial charge in [0.25, 0.3) is 5.56 Å². The number of benzene rings is 1. The highest BCUT2D eigenvalue weighted by atomic mass is 35.5. The van der Waals surface area contributed by atoms with Gasteiger partial charge < -0.3 is 10.3 Å². The smallest absolute Gasteiger partial charge is 0.266 e. The van der Waals surface area contributed by atoms with Gasteiger partial charge in [-0.05, 0) is 43.0 Å². The zero-order chi connectivity index (χ0) is 17.7. The molecule has 0 radical (unpaired) electrons. The Kier molecular flexibility index (Phi) is 5.78. The second-order valence-corrected chi connectivity index (χ2v) is 5.94. The lowest BCUT2D eigenvalue weighted by atomic mass is 9.99. The summed E-state index contributed by atoms with van der Waals surface area (Å²) in [6.45, 7) is 3.87. The Morgan fingerprint density at radius 3 is 2.71 bits per heavy atom. The largest absolute Gasteiger partial charge is 0.352 e. The number of H-pyrrole nitrogens is 1. The van der Waals surface area contributed by atoms with Crippen LogP contribution in [0.15, 0.2) is 29.1 Å². The molecule has 0 aliphatic carbocycles. The van der Waals surface area contributed by atoms with Gasteiger partial charge in [-0.15, -0.1) is 0 Å². The first-order chi connectivity index (χ1) is 11.4. The Hall–Kier alpha value is -2.58. The number of rotatable bonds is 5. The fourth-order valence-electron chi connectivity index (χ4n) is 2.58. The van der Waals surface area contributed by atoms with Crippen LogP contribution >= 0.6 is 11.6 Å². The summed E-state index contributed by atoms with van der Waals surface area (Å²) in [6.07, 6.45) is 0.723. The molecule has 5 nitrogen and oxygen atoms in total. The molecule has 0 spiro atoms. The Balaban J connectivity index is 2.01. The number of amides is 1. The molecule has 2 aromatic rings. The summed E-state index contributed by atoms with van der Waals surface area (Å²) in [5, 5.41) is 12.5. The lowest BCUT2D eigenvalue weighted by Gasteiger charge is -2.11. The Morgan fingerprint density at radius 2 is 2.04 bits per heavy atom. The number of nitrogens with zero attached hydrogens (tertiary/aromatic N) is 1. The third kappa shape index (κ3) is 4.03. The van der Waals surface area contributed by atoms with Crippen molar-refractivity contribution in [3.8, 4) is 6.07 Å². The van der Waals surface area contributed by atoms with Gasteiger partial charge in [-0.25, -0.2) is 0 Å². The van der Waals surface area contributed by atoms with Crippen LogP contribution in [-0.2, 0) is 17.8 Å². The maximum absolute atomic E-state index is 12.1. The molecule has 0 unspecified atom stereocenters. The van der Waals surface area contributed by atoms with Crippen LogP contribution in [0.25, 0.3) is 0 Å². The number of pyridine rings is 1. The normalized spacial score (nSPS) is 10.2. The monoisotopic (exact) mass is 343 g/mol. The van der Waals surface area contributed by atoms with E-state index in [-0.39, 0.29) is 23.5 Å². The molecule has 24 heavy (non-hydrogen) atoms. The zero-order valence-corrected chi connectivity index (χ0v) is 14.3. The number of carbonyl (C=O) groups is 1. The van der Waals surface area contributed by atoms with Crippen LogP contribution in [0.3, 0.4) is 0 Å². The van der Waals surface area contributed by atoms with Crippen molar-refractivity contribution in [1.29, 1.82) is 5.26 Å². The maximum Gasteiger partial charge on any atom is 0.266 e. The first kappa shape index (κ1) is 17.8. The van der Waals surface area contributed by atoms with Crippen molar-refractivity contribution < 1.29 is 4.79 Å². The van der Waals surface area contributed by atoms with Gasteiger partial charge >= 0.3 is 0 Å². The maximum atomic E-state index is 12.1. The fraction of sp³-hybridized carbons (Fsp3) is 0.278. The van der Waals surface area contributed by atoms with E-state index in [1.54, 1.807) is 19.9 Å². The molecular formula is C18H18ClN3O2. The van der Waals surface area contributed by atoms with Gasteiger partial charge in [0.05, 0.1) is 0 Å². The van der Waals surface area contributed by atoms with Crippen molar-refractivity contribution in [1.82, 2.24) is 10.3 Å². The van der Waals surface area contributed by atoms with E-state index >= 15 is 0 Å². The van der Waals surface area contributed by atoms with Gasteiger partial charge in [-0.1, -0.05) is 29.8 Å². The average molecular weight is 344 g/mol. The summed E-state index contributed by atoms with van der Waals surface area (Å²) in [5.41, 5.74) is 2.73. The van der Waals surface area contributed by atoms with E-state index in [0.29, 0.717) is 29.2 Å². The van der Waals surface area contributed by atoms with Crippen molar-refractivity contribution in [3.05, 3.63) is 67.6 Å². The molecule has 0 aliphatic rings. The third-order valence-corrected chi connectivity index (χ3v) is 4.32. The quantitative estimate of drug-likeness (QED) is 0.875. The van der Waals surface area contributed by atoms with Crippen molar-refractivity contribution in [2.24, 2.45) is 0 Å². The molecular weight excluding hydrogens is 326 g/mol. The van der Waals surface area contributed by atoms with Crippen molar-refractivity contribution in [2.45, 2.75) is 33.2 Å². The lowest BCUT2D eigenvalue weighted by molar-refractivity contribution is -0.121. The predicted octanol–water partition coefficient (Wildman–Crippen LogP) is 2.77. The molecule has 0 bridgehead atoms. The molecule has 1 aromatic heterocycles. The van der Waals surface area contributed by atoms with Gasteiger partial charge in [-0.3, -0.25) is 9.59 Å². The minimum atomic E-state index is -0.389. The number of nitrogens with one attached hydrogen (secondary N) is 2. The number of aryl methyl sites for hydroxylation is 1. The number of halogens is 1. The van der Waals surface area contributed by atoms with E-state index in [1.165, 1.54) is 0 Å². The number of carbonyl (C=O) groups excluding carboxylic acids is 1. The summed E-state index contributed by atoms with van der Waals surface area (Å²) in [6, 6.07) is 9.25. The topological polar surface area (TPSA) is 85.8 Å². The lowest BCUT2D eigenvalue weighted by Crippen LogP contribution is -2.24. The van der Waals surface area contributed by atoms with E-state index < -0.39 is 0 Å². The van der Waals surface area contributed by atoms with Crippen LogP contribution in [0.4, 0.5) is 0 Å². The molecule has 0 saturated carbocycles. The average Bonchev–Trinajstić information content (AvgIpc) is 2.54.